The lowest BCUT2D eigenvalue weighted by Gasteiger charge is -2.07. The third-order valence-electron chi connectivity index (χ3n) is 2.37. The molecule has 18 heavy (non-hydrogen) atoms. The topological polar surface area (TPSA) is 61.2 Å². The molecule has 0 bridgehead atoms. The van der Waals surface area contributed by atoms with Gasteiger partial charge >= 0.3 is 0 Å². The number of methoxy groups -OCH3 is 1. The van der Waals surface area contributed by atoms with E-state index in [1.54, 1.807) is 19.1 Å². The highest BCUT2D eigenvalue weighted by Gasteiger charge is 2.19. The second-order valence-electron chi connectivity index (χ2n) is 3.63. The normalized spacial score (nSPS) is 11.5. The molecule has 0 aliphatic heterocycles. The molecule has 0 aliphatic carbocycles. The second-order valence-corrected chi connectivity index (χ2v) is 6.59. The minimum absolute atomic E-state index is 0.155. The van der Waals surface area contributed by atoms with Crippen LogP contribution in [0.4, 0.5) is 0 Å². The van der Waals surface area contributed by atoms with Crippen molar-refractivity contribution in [2.45, 2.75) is 11.8 Å². The number of aryl methyl sites for hydroxylation is 1. The van der Waals surface area contributed by atoms with E-state index >= 15 is 0 Å². The Labute approximate surface area is 119 Å². The zero-order valence-corrected chi connectivity index (χ0v) is 12.8. The van der Waals surface area contributed by atoms with E-state index in [2.05, 4.69) is 27.7 Å². The predicted molar refractivity (Wildman–Crippen MR) is 75.3 cm³/mol. The fraction of sp³-hybridized carbons (Fsp3) is 0.182. The smallest absolute Gasteiger partial charge is 0.283 e. The van der Waals surface area contributed by atoms with Crippen LogP contribution in [0.2, 0.25) is 0 Å². The van der Waals surface area contributed by atoms with E-state index in [1.165, 1.54) is 25.4 Å². The molecule has 0 radical (unpaired) electrons. The van der Waals surface area contributed by atoms with Gasteiger partial charge in [0.2, 0.25) is 0 Å². The Bertz CT molecular complexity index is 679. The van der Waals surface area contributed by atoms with E-state index in [0.29, 0.717) is 11.4 Å². The summed E-state index contributed by atoms with van der Waals surface area (Å²) in [5, 5.41) is 3.92. The molecule has 1 aromatic heterocycles. The Hall–Kier alpha value is -1.09. The zero-order valence-electron chi connectivity index (χ0n) is 9.79. The van der Waals surface area contributed by atoms with Gasteiger partial charge < -0.3 is 4.74 Å². The zero-order chi connectivity index (χ0) is 13.3. The molecule has 0 N–H and O–H groups in total. The van der Waals surface area contributed by atoms with Crippen molar-refractivity contribution in [2.24, 2.45) is 0 Å². The van der Waals surface area contributed by atoms with Gasteiger partial charge in [-0.1, -0.05) is 0 Å². The third kappa shape index (κ3) is 2.37. The van der Waals surface area contributed by atoms with Crippen molar-refractivity contribution in [3.8, 4) is 5.75 Å². The summed E-state index contributed by atoms with van der Waals surface area (Å²) in [7, 11) is -2.14. The van der Waals surface area contributed by atoms with Crippen molar-refractivity contribution in [3.63, 3.8) is 0 Å². The molecule has 7 heteroatoms. The highest BCUT2D eigenvalue weighted by atomic mass is 127. The summed E-state index contributed by atoms with van der Waals surface area (Å²) < 4.78 is 31.5. The second kappa shape index (κ2) is 4.88. The lowest BCUT2D eigenvalue weighted by atomic mass is 10.3. The van der Waals surface area contributed by atoms with Crippen LogP contribution in [0.5, 0.6) is 5.75 Å². The van der Waals surface area contributed by atoms with Crippen LogP contribution in [0.3, 0.4) is 0 Å². The molecule has 0 saturated heterocycles. The van der Waals surface area contributed by atoms with Gasteiger partial charge in [0.1, 0.15) is 5.75 Å². The summed E-state index contributed by atoms with van der Waals surface area (Å²) >= 11 is 2.08. The van der Waals surface area contributed by atoms with E-state index in [4.69, 9.17) is 4.74 Å². The Balaban J connectivity index is 2.54. The average Bonchev–Trinajstić information content (AvgIpc) is 2.77. The van der Waals surface area contributed by atoms with Gasteiger partial charge in [-0.3, -0.25) is 0 Å². The Kier molecular flexibility index (Phi) is 3.62. The van der Waals surface area contributed by atoms with Crippen LogP contribution in [-0.2, 0) is 10.0 Å². The highest BCUT2D eigenvalue weighted by molar-refractivity contribution is 14.1. The Morgan fingerprint density at radius 3 is 2.61 bits per heavy atom. The quantitative estimate of drug-likeness (QED) is 0.768. The van der Waals surface area contributed by atoms with Crippen molar-refractivity contribution in [1.82, 2.24) is 9.19 Å². The summed E-state index contributed by atoms with van der Waals surface area (Å²) in [6, 6.07) is 6.37. The monoisotopic (exact) mass is 378 g/mol. The SMILES string of the molecule is COc1cc(S(=O)(=O)n2ccc(C)n2)ccc1I. The van der Waals surface area contributed by atoms with Crippen molar-refractivity contribution in [3.05, 3.63) is 39.7 Å². The molecule has 0 saturated carbocycles. The maximum absolute atomic E-state index is 12.3. The van der Waals surface area contributed by atoms with E-state index in [-0.39, 0.29) is 4.90 Å². The van der Waals surface area contributed by atoms with E-state index in [1.807, 2.05) is 0 Å². The fourth-order valence-electron chi connectivity index (χ4n) is 1.44. The summed E-state index contributed by atoms with van der Waals surface area (Å²) in [4.78, 5) is 0.155. The molecular formula is C11H11IN2O3S. The average molecular weight is 378 g/mol. The first-order chi connectivity index (χ1) is 8.45. The fourth-order valence-corrected chi connectivity index (χ4v) is 3.16. The first kappa shape index (κ1) is 13.3. The number of halogens is 1. The minimum Gasteiger partial charge on any atom is -0.496 e. The molecular weight excluding hydrogens is 367 g/mol. The van der Waals surface area contributed by atoms with Gasteiger partial charge in [-0.05, 0) is 47.7 Å². The van der Waals surface area contributed by atoms with Crippen LogP contribution in [0.1, 0.15) is 5.69 Å². The third-order valence-corrected chi connectivity index (χ3v) is 4.80. The number of ether oxygens (including phenoxy) is 1. The maximum atomic E-state index is 12.3. The van der Waals surface area contributed by atoms with Gasteiger partial charge in [-0.15, -0.1) is 0 Å². The molecule has 0 unspecified atom stereocenters. The van der Waals surface area contributed by atoms with Gasteiger partial charge in [-0.25, -0.2) is 0 Å². The number of rotatable bonds is 3. The van der Waals surface area contributed by atoms with Crippen LogP contribution >= 0.6 is 22.6 Å². The van der Waals surface area contributed by atoms with E-state index < -0.39 is 10.0 Å². The summed E-state index contributed by atoms with van der Waals surface area (Å²) in [6.45, 7) is 1.74. The number of benzene rings is 1. The standard InChI is InChI=1S/C11H11IN2O3S/c1-8-5-6-14(13-8)18(15,16)9-3-4-10(12)11(7-9)17-2/h3-7H,1-2H3. The lowest BCUT2D eigenvalue weighted by Crippen LogP contribution is -2.14. The number of hydrogen-bond donors (Lipinski definition) is 0. The molecule has 96 valence electrons. The Morgan fingerprint density at radius 2 is 2.06 bits per heavy atom. The maximum Gasteiger partial charge on any atom is 0.283 e. The van der Waals surface area contributed by atoms with Crippen molar-refractivity contribution < 1.29 is 13.2 Å². The summed E-state index contributed by atoms with van der Waals surface area (Å²) in [5.74, 6) is 0.528. The van der Waals surface area contributed by atoms with Crippen LogP contribution in [0, 0.1) is 10.5 Å². The number of hydrogen-bond acceptors (Lipinski definition) is 4. The summed E-state index contributed by atoms with van der Waals surface area (Å²) in [6.07, 6.45) is 1.43. The molecule has 0 amide bonds. The van der Waals surface area contributed by atoms with Gasteiger partial charge in [0, 0.05) is 12.3 Å². The van der Waals surface area contributed by atoms with Crippen LogP contribution in [0.15, 0.2) is 35.4 Å². The van der Waals surface area contributed by atoms with Crippen LogP contribution < -0.4 is 4.74 Å². The predicted octanol–water partition coefficient (Wildman–Crippen LogP) is 2.04. The van der Waals surface area contributed by atoms with Crippen molar-refractivity contribution >= 4 is 32.6 Å². The lowest BCUT2D eigenvalue weighted by molar-refractivity contribution is 0.410. The highest BCUT2D eigenvalue weighted by Crippen LogP contribution is 2.25. The minimum atomic E-state index is -3.65. The molecule has 1 heterocycles. The summed E-state index contributed by atoms with van der Waals surface area (Å²) in [5.41, 5.74) is 0.649. The van der Waals surface area contributed by atoms with E-state index in [0.717, 1.165) is 7.66 Å². The largest absolute Gasteiger partial charge is 0.496 e. The number of nitrogens with zero attached hydrogens (tertiary/aromatic N) is 2. The molecule has 0 atom stereocenters. The van der Waals surface area contributed by atoms with Gasteiger partial charge in [-0.2, -0.15) is 17.6 Å². The van der Waals surface area contributed by atoms with Crippen molar-refractivity contribution in [2.75, 3.05) is 7.11 Å². The van der Waals surface area contributed by atoms with Gasteiger partial charge in [0.15, 0.2) is 0 Å². The molecule has 5 nitrogen and oxygen atoms in total. The molecule has 0 fully saturated rings. The van der Waals surface area contributed by atoms with Crippen LogP contribution in [-0.4, -0.2) is 24.7 Å². The molecule has 1 aromatic carbocycles. The van der Waals surface area contributed by atoms with Gasteiger partial charge in [0.05, 0.1) is 21.3 Å². The molecule has 2 aromatic rings. The first-order valence-corrected chi connectivity index (χ1v) is 7.58. The van der Waals surface area contributed by atoms with E-state index in [9.17, 15) is 8.42 Å². The van der Waals surface area contributed by atoms with Crippen molar-refractivity contribution in [1.29, 1.82) is 0 Å². The molecule has 2 rings (SSSR count). The van der Waals surface area contributed by atoms with Crippen LogP contribution in [0.25, 0.3) is 0 Å². The molecule has 0 aliphatic rings. The first-order valence-electron chi connectivity index (χ1n) is 5.06. The van der Waals surface area contributed by atoms with Gasteiger partial charge in [0.25, 0.3) is 10.0 Å². The Morgan fingerprint density at radius 1 is 1.33 bits per heavy atom. The molecule has 0 spiro atoms. The number of aromatic nitrogens is 2.